The largest absolute Gasteiger partial charge is 0.480 e. The highest BCUT2D eigenvalue weighted by Crippen LogP contribution is 2.42. The minimum absolute atomic E-state index is 0.00632. The van der Waals surface area contributed by atoms with Gasteiger partial charge in [0.1, 0.15) is 6.04 Å². The van der Waals surface area contributed by atoms with Gasteiger partial charge in [0, 0.05) is 18.7 Å². The molecular weight excluding hydrogens is 276 g/mol. The Morgan fingerprint density at radius 1 is 1.29 bits per heavy atom. The SMILES string of the molecule is O=C(O)C1C2CCCC2CN1Cc1ccc(C(F)F)cc1. The predicted octanol–water partition coefficient (Wildman–Crippen LogP) is 3.31. The van der Waals surface area contributed by atoms with Crippen molar-refractivity contribution in [1.29, 1.82) is 0 Å². The number of carbonyl (C=O) groups is 1. The van der Waals surface area contributed by atoms with Gasteiger partial charge >= 0.3 is 5.97 Å². The summed E-state index contributed by atoms with van der Waals surface area (Å²) in [6.07, 6.45) is 0.755. The number of carboxylic acids is 1. The molecule has 21 heavy (non-hydrogen) atoms. The Bertz CT molecular complexity index is 518. The number of alkyl halides is 2. The molecule has 1 aliphatic heterocycles. The van der Waals surface area contributed by atoms with Crippen LogP contribution in [-0.2, 0) is 11.3 Å². The molecular formula is C16H19F2NO2. The summed E-state index contributed by atoms with van der Waals surface area (Å²) in [4.78, 5) is 13.5. The maximum absolute atomic E-state index is 12.5. The minimum Gasteiger partial charge on any atom is -0.480 e. The Hall–Kier alpha value is -1.49. The number of rotatable bonds is 4. The summed E-state index contributed by atoms with van der Waals surface area (Å²) in [5.74, 6) is -0.0251. The Morgan fingerprint density at radius 2 is 2.00 bits per heavy atom. The molecule has 3 rings (SSSR count). The number of benzene rings is 1. The van der Waals surface area contributed by atoms with Gasteiger partial charge in [-0.25, -0.2) is 8.78 Å². The summed E-state index contributed by atoms with van der Waals surface area (Å²) >= 11 is 0. The van der Waals surface area contributed by atoms with Crippen molar-refractivity contribution in [2.45, 2.75) is 38.3 Å². The van der Waals surface area contributed by atoms with Crippen molar-refractivity contribution in [3.05, 3.63) is 35.4 Å². The maximum atomic E-state index is 12.5. The summed E-state index contributed by atoms with van der Waals surface area (Å²) in [6.45, 7) is 1.33. The van der Waals surface area contributed by atoms with Gasteiger partial charge in [0.15, 0.2) is 0 Å². The Morgan fingerprint density at radius 3 is 2.62 bits per heavy atom. The number of carboxylic acid groups (broad SMARTS) is 1. The second-order valence-corrected chi connectivity index (χ2v) is 6.11. The highest BCUT2D eigenvalue weighted by atomic mass is 19.3. The number of halogens is 2. The number of aliphatic carboxylic acids is 1. The van der Waals surface area contributed by atoms with E-state index in [1.54, 1.807) is 12.1 Å². The molecule has 1 aromatic rings. The zero-order chi connectivity index (χ0) is 15.0. The first-order chi connectivity index (χ1) is 10.1. The summed E-state index contributed by atoms with van der Waals surface area (Å²) in [6, 6.07) is 5.77. The van der Waals surface area contributed by atoms with E-state index in [2.05, 4.69) is 0 Å². The van der Waals surface area contributed by atoms with Gasteiger partial charge in [-0.2, -0.15) is 0 Å². The number of fused-ring (bicyclic) bond motifs is 1. The fraction of sp³-hybridized carbons (Fsp3) is 0.562. The van der Waals surface area contributed by atoms with Gasteiger partial charge in [-0.05, 0) is 30.2 Å². The van der Waals surface area contributed by atoms with Crippen molar-refractivity contribution < 1.29 is 18.7 Å². The molecule has 0 amide bonds. The lowest BCUT2D eigenvalue weighted by molar-refractivity contribution is -0.143. The average Bonchev–Trinajstić information content (AvgIpc) is 2.98. The van der Waals surface area contributed by atoms with Crippen molar-refractivity contribution in [2.75, 3.05) is 6.54 Å². The third-order valence-electron chi connectivity index (χ3n) is 4.86. The highest BCUT2D eigenvalue weighted by Gasteiger charge is 2.47. The molecule has 2 aliphatic rings. The predicted molar refractivity (Wildman–Crippen MR) is 74.1 cm³/mol. The van der Waals surface area contributed by atoms with Gasteiger partial charge < -0.3 is 5.11 Å². The van der Waals surface area contributed by atoms with Crippen molar-refractivity contribution >= 4 is 5.97 Å². The molecule has 0 radical (unpaired) electrons. The number of hydrogen-bond acceptors (Lipinski definition) is 2. The molecule has 3 unspecified atom stereocenters. The van der Waals surface area contributed by atoms with E-state index in [0.717, 1.165) is 31.4 Å². The first kappa shape index (κ1) is 14.4. The van der Waals surface area contributed by atoms with E-state index in [0.29, 0.717) is 12.5 Å². The smallest absolute Gasteiger partial charge is 0.321 e. The molecule has 0 bridgehead atoms. The van der Waals surface area contributed by atoms with E-state index in [4.69, 9.17) is 0 Å². The van der Waals surface area contributed by atoms with Crippen LogP contribution in [0.5, 0.6) is 0 Å². The minimum atomic E-state index is -2.46. The molecule has 0 aromatic heterocycles. The van der Waals surface area contributed by atoms with E-state index >= 15 is 0 Å². The first-order valence-electron chi connectivity index (χ1n) is 7.40. The van der Waals surface area contributed by atoms with E-state index in [1.165, 1.54) is 12.1 Å². The van der Waals surface area contributed by atoms with Gasteiger partial charge in [0.2, 0.25) is 0 Å². The van der Waals surface area contributed by atoms with Crippen molar-refractivity contribution in [3.8, 4) is 0 Å². The van der Waals surface area contributed by atoms with Crippen LogP contribution in [0.3, 0.4) is 0 Å². The van der Waals surface area contributed by atoms with Gasteiger partial charge in [0.25, 0.3) is 6.43 Å². The normalized spacial score (nSPS) is 29.0. The lowest BCUT2D eigenvalue weighted by Gasteiger charge is -2.24. The van der Waals surface area contributed by atoms with Crippen LogP contribution in [0.2, 0.25) is 0 Å². The quantitative estimate of drug-likeness (QED) is 0.926. The van der Waals surface area contributed by atoms with Crippen molar-refractivity contribution in [1.82, 2.24) is 4.90 Å². The lowest BCUT2D eigenvalue weighted by Crippen LogP contribution is -2.39. The van der Waals surface area contributed by atoms with Crippen LogP contribution in [0.1, 0.15) is 36.8 Å². The zero-order valence-corrected chi connectivity index (χ0v) is 11.7. The fourth-order valence-corrected chi connectivity index (χ4v) is 3.90. The standard InChI is InChI=1S/C16H19F2NO2/c17-15(18)11-6-4-10(5-7-11)8-19-9-12-2-1-3-13(12)14(19)16(20)21/h4-7,12-15H,1-3,8-9H2,(H,20,21). The molecule has 1 heterocycles. The number of likely N-dealkylation sites (tertiary alicyclic amines) is 1. The first-order valence-corrected chi connectivity index (χ1v) is 7.40. The van der Waals surface area contributed by atoms with Crippen LogP contribution >= 0.6 is 0 Å². The molecule has 1 aromatic carbocycles. The molecule has 1 saturated carbocycles. The second kappa shape index (κ2) is 5.72. The van der Waals surface area contributed by atoms with Gasteiger partial charge in [0.05, 0.1) is 0 Å². The zero-order valence-electron chi connectivity index (χ0n) is 11.7. The molecule has 3 atom stereocenters. The molecule has 114 valence electrons. The maximum Gasteiger partial charge on any atom is 0.321 e. The van der Waals surface area contributed by atoms with Crippen molar-refractivity contribution in [3.63, 3.8) is 0 Å². The Labute approximate surface area is 122 Å². The fourth-order valence-electron chi connectivity index (χ4n) is 3.90. The van der Waals surface area contributed by atoms with E-state index < -0.39 is 18.4 Å². The topological polar surface area (TPSA) is 40.5 Å². The molecule has 1 aliphatic carbocycles. The molecule has 1 saturated heterocycles. The lowest BCUT2D eigenvalue weighted by atomic mass is 9.94. The third-order valence-corrected chi connectivity index (χ3v) is 4.86. The van der Waals surface area contributed by atoms with Crippen LogP contribution < -0.4 is 0 Å². The average molecular weight is 295 g/mol. The molecule has 3 nitrogen and oxygen atoms in total. The van der Waals surface area contributed by atoms with E-state index in [1.807, 2.05) is 4.90 Å². The van der Waals surface area contributed by atoms with Crippen LogP contribution in [0.4, 0.5) is 8.78 Å². The summed E-state index contributed by atoms with van der Waals surface area (Å²) < 4.78 is 25.1. The molecule has 0 spiro atoms. The van der Waals surface area contributed by atoms with Crippen molar-refractivity contribution in [2.24, 2.45) is 11.8 Å². The van der Waals surface area contributed by atoms with Gasteiger partial charge in [-0.15, -0.1) is 0 Å². The Balaban J connectivity index is 1.73. The third kappa shape index (κ3) is 2.79. The summed E-state index contributed by atoms with van der Waals surface area (Å²) in [5.41, 5.74) is 0.900. The monoisotopic (exact) mass is 295 g/mol. The van der Waals surface area contributed by atoms with Crippen LogP contribution in [0.25, 0.3) is 0 Å². The van der Waals surface area contributed by atoms with Crippen LogP contribution in [0, 0.1) is 11.8 Å². The van der Waals surface area contributed by atoms with Gasteiger partial charge in [-0.3, -0.25) is 9.69 Å². The van der Waals surface area contributed by atoms with E-state index in [-0.39, 0.29) is 11.5 Å². The van der Waals surface area contributed by atoms with E-state index in [9.17, 15) is 18.7 Å². The molecule has 1 N–H and O–H groups in total. The highest BCUT2D eigenvalue weighted by molar-refractivity contribution is 5.74. The molecule has 5 heteroatoms. The summed E-state index contributed by atoms with van der Waals surface area (Å²) in [5, 5.41) is 9.48. The number of nitrogens with zero attached hydrogens (tertiary/aromatic N) is 1. The molecule has 2 fully saturated rings. The summed E-state index contributed by atoms with van der Waals surface area (Å²) in [7, 11) is 0. The Kier molecular flexibility index (Phi) is 3.93. The van der Waals surface area contributed by atoms with Gasteiger partial charge in [-0.1, -0.05) is 30.7 Å². The number of hydrogen-bond donors (Lipinski definition) is 1. The van der Waals surface area contributed by atoms with Crippen LogP contribution in [0.15, 0.2) is 24.3 Å². The second-order valence-electron chi connectivity index (χ2n) is 6.11. The van der Waals surface area contributed by atoms with Crippen LogP contribution in [-0.4, -0.2) is 28.6 Å².